The van der Waals surface area contributed by atoms with Gasteiger partial charge in [0.15, 0.2) is 0 Å². The number of anilines is 1. The number of aromatic nitrogens is 2. The maximum Gasteiger partial charge on any atom is 0.138 e. The fraction of sp³-hybridized carbons (Fsp3) is 0.667. The van der Waals surface area contributed by atoms with Gasteiger partial charge < -0.3 is 5.32 Å². The van der Waals surface area contributed by atoms with E-state index >= 15 is 0 Å². The molecule has 0 aliphatic carbocycles. The molecule has 2 aromatic rings. The molecule has 2 aromatic heterocycles. The Hall–Kier alpha value is -1.51. The number of aryl methyl sites for hydroxylation is 2. The van der Waals surface area contributed by atoms with Crippen LogP contribution in [0.4, 0.5) is 5.82 Å². The molecule has 0 aliphatic rings. The molecule has 0 spiro atoms. The molecule has 3 heteroatoms. The molecule has 0 saturated carbocycles. The Balaban J connectivity index is 2.36. The zero-order valence-electron chi connectivity index (χ0n) is 16.7. The normalized spacial score (nSPS) is 12.8. The molecular formula is C21H35N3. The number of hydrogen-bond donors (Lipinski definition) is 1. The number of pyridine rings is 1. The van der Waals surface area contributed by atoms with Gasteiger partial charge in [0.2, 0.25) is 0 Å². The van der Waals surface area contributed by atoms with Gasteiger partial charge in [-0.05, 0) is 63.1 Å². The van der Waals surface area contributed by atoms with Gasteiger partial charge >= 0.3 is 0 Å². The van der Waals surface area contributed by atoms with E-state index in [0.29, 0.717) is 0 Å². The topological polar surface area (TPSA) is 29.3 Å². The molecule has 24 heavy (non-hydrogen) atoms. The van der Waals surface area contributed by atoms with Crippen molar-refractivity contribution < 1.29 is 0 Å². The lowest BCUT2D eigenvalue weighted by atomic mass is 9.82. The van der Waals surface area contributed by atoms with Gasteiger partial charge in [-0.15, -0.1) is 0 Å². The van der Waals surface area contributed by atoms with Gasteiger partial charge in [-0.25, -0.2) is 4.98 Å². The molecule has 0 aromatic carbocycles. The van der Waals surface area contributed by atoms with Crippen LogP contribution in [0, 0.1) is 12.3 Å². The summed E-state index contributed by atoms with van der Waals surface area (Å²) in [6.07, 6.45) is 8.00. The van der Waals surface area contributed by atoms with Crippen LogP contribution >= 0.6 is 0 Å². The lowest BCUT2D eigenvalue weighted by molar-refractivity contribution is 0.301. The average molecular weight is 330 g/mol. The molecule has 1 N–H and O–H groups in total. The van der Waals surface area contributed by atoms with Gasteiger partial charge in [0.25, 0.3) is 0 Å². The first-order valence-electron chi connectivity index (χ1n) is 9.37. The fourth-order valence-electron chi connectivity index (χ4n) is 3.73. The molecular weight excluding hydrogens is 294 g/mol. The van der Waals surface area contributed by atoms with Crippen molar-refractivity contribution in [2.45, 2.75) is 86.1 Å². The van der Waals surface area contributed by atoms with Crippen molar-refractivity contribution in [1.29, 1.82) is 0 Å². The third kappa shape index (κ3) is 4.99. The first-order chi connectivity index (χ1) is 11.1. The molecule has 134 valence electrons. The summed E-state index contributed by atoms with van der Waals surface area (Å²) in [5.74, 6) is 1.18. The Kier molecular flexibility index (Phi) is 5.62. The summed E-state index contributed by atoms with van der Waals surface area (Å²) < 4.78 is 2.22. The van der Waals surface area contributed by atoms with E-state index in [1.54, 1.807) is 0 Å². The fourth-order valence-corrected chi connectivity index (χ4v) is 3.73. The van der Waals surface area contributed by atoms with E-state index in [-0.39, 0.29) is 11.0 Å². The van der Waals surface area contributed by atoms with E-state index in [2.05, 4.69) is 76.5 Å². The third-order valence-electron chi connectivity index (χ3n) is 4.30. The summed E-state index contributed by atoms with van der Waals surface area (Å²) in [7, 11) is 0. The summed E-state index contributed by atoms with van der Waals surface area (Å²) in [4.78, 5) is 4.93. The van der Waals surface area contributed by atoms with E-state index in [1.165, 1.54) is 36.3 Å². The van der Waals surface area contributed by atoms with Crippen LogP contribution < -0.4 is 5.32 Å². The maximum absolute atomic E-state index is 4.93. The zero-order valence-corrected chi connectivity index (χ0v) is 16.7. The summed E-state index contributed by atoms with van der Waals surface area (Å²) in [6.45, 7) is 15.9. The van der Waals surface area contributed by atoms with E-state index < -0.39 is 0 Å². The highest BCUT2D eigenvalue weighted by molar-refractivity contribution is 5.57. The second kappa shape index (κ2) is 7.16. The summed E-state index contributed by atoms with van der Waals surface area (Å²) in [6, 6.07) is 4.33. The molecule has 0 saturated heterocycles. The molecule has 3 nitrogen and oxygen atoms in total. The molecule has 0 aliphatic heterocycles. The highest BCUT2D eigenvalue weighted by Gasteiger charge is 2.27. The molecule has 2 heterocycles. The Morgan fingerprint density at radius 2 is 1.83 bits per heavy atom. The van der Waals surface area contributed by atoms with Gasteiger partial charge in [0.05, 0.1) is 5.69 Å². The van der Waals surface area contributed by atoms with Crippen LogP contribution in [-0.2, 0) is 6.42 Å². The van der Waals surface area contributed by atoms with Gasteiger partial charge in [-0.2, -0.15) is 0 Å². The SMILES string of the molecule is CCCCCc1nc2cc(C)ccn2c1NC(C)(C)CC(C)(C)C. The smallest absolute Gasteiger partial charge is 0.138 e. The van der Waals surface area contributed by atoms with Crippen LogP contribution in [0.15, 0.2) is 18.3 Å². The Bertz CT molecular complexity index is 674. The van der Waals surface area contributed by atoms with Crippen molar-refractivity contribution in [3.63, 3.8) is 0 Å². The van der Waals surface area contributed by atoms with Crippen LogP contribution in [0.25, 0.3) is 5.65 Å². The Morgan fingerprint density at radius 3 is 2.46 bits per heavy atom. The second-order valence-corrected chi connectivity index (χ2v) is 9.04. The van der Waals surface area contributed by atoms with Crippen molar-refractivity contribution >= 4 is 11.5 Å². The van der Waals surface area contributed by atoms with Crippen LogP contribution in [-0.4, -0.2) is 14.9 Å². The van der Waals surface area contributed by atoms with Gasteiger partial charge in [0.1, 0.15) is 11.5 Å². The molecule has 0 unspecified atom stereocenters. The van der Waals surface area contributed by atoms with Crippen molar-refractivity contribution in [2.75, 3.05) is 5.32 Å². The van der Waals surface area contributed by atoms with Gasteiger partial charge in [-0.3, -0.25) is 4.40 Å². The van der Waals surface area contributed by atoms with E-state index in [1.807, 2.05) is 0 Å². The van der Waals surface area contributed by atoms with Crippen LogP contribution in [0.5, 0.6) is 0 Å². The maximum atomic E-state index is 4.93. The number of unbranched alkanes of at least 4 members (excludes halogenated alkanes) is 2. The van der Waals surface area contributed by atoms with Crippen molar-refractivity contribution in [1.82, 2.24) is 9.38 Å². The number of fused-ring (bicyclic) bond motifs is 1. The number of nitrogens with zero attached hydrogens (tertiary/aromatic N) is 2. The first-order valence-corrected chi connectivity index (χ1v) is 9.37. The minimum atomic E-state index is 0.0264. The summed E-state index contributed by atoms with van der Waals surface area (Å²) in [5.41, 5.74) is 3.83. The van der Waals surface area contributed by atoms with Crippen molar-refractivity contribution in [2.24, 2.45) is 5.41 Å². The third-order valence-corrected chi connectivity index (χ3v) is 4.30. The largest absolute Gasteiger partial charge is 0.365 e. The second-order valence-electron chi connectivity index (χ2n) is 9.04. The van der Waals surface area contributed by atoms with Gasteiger partial charge in [0, 0.05) is 11.7 Å². The monoisotopic (exact) mass is 329 g/mol. The molecule has 2 rings (SSSR count). The quantitative estimate of drug-likeness (QED) is 0.631. The molecule has 0 radical (unpaired) electrons. The molecule has 0 bridgehead atoms. The molecule has 0 amide bonds. The van der Waals surface area contributed by atoms with Crippen LogP contribution in [0.2, 0.25) is 0 Å². The molecule has 0 atom stereocenters. The number of nitrogens with one attached hydrogen (secondary N) is 1. The summed E-state index contributed by atoms with van der Waals surface area (Å²) >= 11 is 0. The Morgan fingerprint density at radius 1 is 1.12 bits per heavy atom. The van der Waals surface area contributed by atoms with Crippen molar-refractivity contribution in [3.8, 4) is 0 Å². The predicted octanol–water partition coefficient (Wildman–Crippen LogP) is 6.00. The lowest BCUT2D eigenvalue weighted by Gasteiger charge is -2.34. The average Bonchev–Trinajstić information content (AvgIpc) is 2.73. The number of rotatable bonds is 7. The predicted molar refractivity (Wildman–Crippen MR) is 105 cm³/mol. The van der Waals surface area contributed by atoms with E-state index in [4.69, 9.17) is 4.98 Å². The minimum absolute atomic E-state index is 0.0264. The highest BCUT2D eigenvalue weighted by Crippen LogP contribution is 2.31. The first kappa shape index (κ1) is 18.8. The van der Waals surface area contributed by atoms with Crippen LogP contribution in [0.3, 0.4) is 0 Å². The zero-order chi connectivity index (χ0) is 18.0. The molecule has 0 fully saturated rings. The minimum Gasteiger partial charge on any atom is -0.365 e. The highest BCUT2D eigenvalue weighted by atomic mass is 15.2. The van der Waals surface area contributed by atoms with Crippen molar-refractivity contribution in [3.05, 3.63) is 29.6 Å². The van der Waals surface area contributed by atoms with Gasteiger partial charge in [-0.1, -0.05) is 40.5 Å². The van der Waals surface area contributed by atoms with E-state index in [9.17, 15) is 0 Å². The number of hydrogen-bond acceptors (Lipinski definition) is 2. The number of imidazole rings is 1. The van der Waals surface area contributed by atoms with Crippen LogP contribution in [0.1, 0.15) is 78.5 Å². The Labute approximate surface area is 147 Å². The van der Waals surface area contributed by atoms with E-state index in [0.717, 1.165) is 18.5 Å². The standard InChI is InChI=1S/C21H35N3/c1-8-9-10-11-17-19(23-21(6,7)15-20(3,4)5)24-13-12-16(2)14-18(24)22-17/h12-14,23H,8-11,15H2,1-7H3. The summed E-state index contributed by atoms with van der Waals surface area (Å²) in [5, 5.41) is 3.81. The lowest BCUT2D eigenvalue weighted by Crippen LogP contribution is -2.36.